The molecule has 0 amide bonds. The van der Waals surface area contributed by atoms with Crippen molar-refractivity contribution in [1.29, 1.82) is 0 Å². The summed E-state index contributed by atoms with van der Waals surface area (Å²) >= 11 is 0. The molecule has 0 fully saturated rings. The van der Waals surface area contributed by atoms with E-state index in [9.17, 15) is 18.9 Å². The number of hydrogen-bond donors (Lipinski definition) is 2. The van der Waals surface area contributed by atoms with Crippen LogP contribution in [0.2, 0.25) is 0 Å². The largest absolute Gasteiger partial charge is 0.337 e. The van der Waals surface area contributed by atoms with Crippen LogP contribution in [-0.2, 0) is 13.7 Å². The number of allylic oxidation sites excluding steroid dienone is 4. The Labute approximate surface area is 134 Å². The van der Waals surface area contributed by atoms with Crippen molar-refractivity contribution in [3.05, 3.63) is 23.3 Å². The van der Waals surface area contributed by atoms with E-state index in [4.69, 9.17) is 4.52 Å². The molecule has 2 N–H and O–H groups in total. The van der Waals surface area contributed by atoms with Crippen molar-refractivity contribution in [3.63, 3.8) is 0 Å². The number of unbranched alkanes of at least 4 members (excludes halogenated alkanes) is 1. The summed E-state index contributed by atoms with van der Waals surface area (Å²) in [5, 5.41) is -1.16. The van der Waals surface area contributed by atoms with Gasteiger partial charge < -0.3 is 14.3 Å². The average molecular weight is 352 g/mol. The monoisotopic (exact) mass is 352 g/mol. The summed E-state index contributed by atoms with van der Waals surface area (Å²) in [4.78, 5) is 18.6. The molecule has 0 aromatic rings. The summed E-state index contributed by atoms with van der Waals surface area (Å²) in [6, 6.07) is 0. The molecule has 130 valence electrons. The van der Waals surface area contributed by atoms with Gasteiger partial charge in [-0.3, -0.25) is 9.13 Å². The molecule has 0 aliphatic rings. The van der Waals surface area contributed by atoms with Gasteiger partial charge >= 0.3 is 7.60 Å². The van der Waals surface area contributed by atoms with Gasteiger partial charge in [-0.25, -0.2) is 0 Å². The van der Waals surface area contributed by atoms with Crippen LogP contribution < -0.4 is 0 Å². The lowest BCUT2D eigenvalue weighted by molar-refractivity contribution is 0.332. The fraction of sp³-hybridized carbons (Fsp3) is 0.733. The highest BCUT2D eigenvalue weighted by atomic mass is 31.2. The van der Waals surface area contributed by atoms with Crippen LogP contribution in [0.15, 0.2) is 23.3 Å². The summed E-state index contributed by atoms with van der Waals surface area (Å²) in [5.74, 6) is 0. The molecule has 0 aliphatic carbocycles. The van der Waals surface area contributed by atoms with Gasteiger partial charge in [0.25, 0.3) is 0 Å². The minimum atomic E-state index is -4.37. The van der Waals surface area contributed by atoms with Crippen LogP contribution in [0.5, 0.6) is 0 Å². The molecule has 2 unspecified atom stereocenters. The maximum absolute atomic E-state index is 11.8. The Morgan fingerprint density at radius 2 is 1.86 bits per heavy atom. The van der Waals surface area contributed by atoms with Crippen LogP contribution >= 0.6 is 15.6 Å². The topological polar surface area (TPSA) is 83.8 Å². The van der Waals surface area contributed by atoms with Crippen molar-refractivity contribution in [3.8, 4) is 0 Å². The smallest absolute Gasteiger partial charge is 0.330 e. The maximum atomic E-state index is 11.8. The number of rotatable bonds is 11. The molecule has 5 nitrogen and oxygen atoms in total. The Morgan fingerprint density at radius 3 is 2.36 bits per heavy atom. The van der Waals surface area contributed by atoms with E-state index in [0.717, 1.165) is 19.3 Å². The van der Waals surface area contributed by atoms with E-state index in [-0.39, 0.29) is 13.0 Å². The second kappa shape index (κ2) is 11.4. The molecular formula is C15H30O5P2. The first-order valence-corrected chi connectivity index (χ1v) is 10.8. The standard InChI is InChI=1S/C15H30O5P2/c1-5-20-21(16)15(22(17,18)19)12-7-6-10-14(4)11-8-9-13(2)3/h9-10,15,21H,5-8,11-12H2,1-4H3,(H2,17,18,19)/b14-10+. The molecule has 0 aromatic heterocycles. The molecule has 7 heteroatoms. The van der Waals surface area contributed by atoms with Crippen molar-refractivity contribution >= 4 is 15.6 Å². The summed E-state index contributed by atoms with van der Waals surface area (Å²) < 4.78 is 28.1. The molecule has 2 atom stereocenters. The van der Waals surface area contributed by atoms with Crippen molar-refractivity contribution in [2.75, 3.05) is 6.61 Å². The van der Waals surface area contributed by atoms with Gasteiger partial charge in [0, 0.05) is 0 Å². The fourth-order valence-corrected chi connectivity index (χ4v) is 4.77. The Balaban J connectivity index is 4.31. The van der Waals surface area contributed by atoms with Gasteiger partial charge in [0.2, 0.25) is 8.03 Å². The van der Waals surface area contributed by atoms with Gasteiger partial charge in [-0.15, -0.1) is 0 Å². The molecule has 0 radical (unpaired) electrons. The summed E-state index contributed by atoms with van der Waals surface area (Å²) in [6.45, 7) is 8.07. The van der Waals surface area contributed by atoms with E-state index < -0.39 is 21.0 Å². The molecule has 0 saturated carbocycles. The highest BCUT2D eigenvalue weighted by Crippen LogP contribution is 2.55. The van der Waals surface area contributed by atoms with Gasteiger partial charge in [0.05, 0.1) is 6.61 Å². The van der Waals surface area contributed by atoms with Crippen molar-refractivity contribution in [2.45, 2.75) is 65.2 Å². The van der Waals surface area contributed by atoms with Gasteiger partial charge in [0.1, 0.15) is 5.40 Å². The van der Waals surface area contributed by atoms with Gasteiger partial charge in [-0.05, 0) is 59.8 Å². The molecular weight excluding hydrogens is 322 g/mol. The predicted octanol–water partition coefficient (Wildman–Crippen LogP) is 4.86. The van der Waals surface area contributed by atoms with Crippen LogP contribution in [0, 0.1) is 0 Å². The Kier molecular flexibility index (Phi) is 11.3. The van der Waals surface area contributed by atoms with E-state index >= 15 is 0 Å². The summed E-state index contributed by atoms with van der Waals surface area (Å²) in [7, 11) is -7.08. The van der Waals surface area contributed by atoms with Crippen LogP contribution in [0.4, 0.5) is 0 Å². The summed E-state index contributed by atoms with van der Waals surface area (Å²) in [5.41, 5.74) is 2.57. The van der Waals surface area contributed by atoms with Gasteiger partial charge in [-0.2, -0.15) is 0 Å². The second-order valence-electron chi connectivity index (χ2n) is 5.66. The highest BCUT2D eigenvalue weighted by Gasteiger charge is 2.33. The van der Waals surface area contributed by atoms with Crippen molar-refractivity contribution in [2.24, 2.45) is 0 Å². The molecule has 22 heavy (non-hydrogen) atoms. The van der Waals surface area contributed by atoms with Crippen molar-refractivity contribution < 1.29 is 23.4 Å². The number of hydrogen-bond acceptors (Lipinski definition) is 3. The van der Waals surface area contributed by atoms with E-state index in [1.807, 2.05) is 0 Å². The first-order chi connectivity index (χ1) is 10.2. The Bertz CT molecular complexity index is 447. The first kappa shape index (κ1) is 21.8. The van der Waals surface area contributed by atoms with E-state index in [1.54, 1.807) is 6.92 Å². The normalized spacial score (nSPS) is 15.5. The molecule has 0 rings (SSSR count). The molecule has 0 aliphatic heterocycles. The highest BCUT2D eigenvalue weighted by molar-refractivity contribution is 7.65. The maximum Gasteiger partial charge on any atom is 0.337 e. The zero-order valence-electron chi connectivity index (χ0n) is 14.0. The quantitative estimate of drug-likeness (QED) is 0.315. The van der Waals surface area contributed by atoms with Gasteiger partial charge in [-0.1, -0.05) is 23.3 Å². The average Bonchev–Trinajstić information content (AvgIpc) is 2.36. The first-order valence-electron chi connectivity index (χ1n) is 7.69. The molecule has 0 heterocycles. The third-order valence-electron chi connectivity index (χ3n) is 3.23. The fourth-order valence-electron chi connectivity index (χ4n) is 2.01. The van der Waals surface area contributed by atoms with Gasteiger partial charge in [0.15, 0.2) is 0 Å². The Morgan fingerprint density at radius 1 is 1.23 bits per heavy atom. The van der Waals surface area contributed by atoms with Crippen LogP contribution in [0.1, 0.15) is 59.8 Å². The lowest BCUT2D eigenvalue weighted by Gasteiger charge is -2.17. The predicted molar refractivity (Wildman–Crippen MR) is 92.7 cm³/mol. The SMILES string of the molecule is CCO[PH](=O)C(CCC/C=C(\C)CCC=C(C)C)P(=O)(O)O. The molecule has 0 spiro atoms. The second-order valence-corrected chi connectivity index (χ2v) is 9.57. The lowest BCUT2D eigenvalue weighted by Crippen LogP contribution is -2.05. The minimum Gasteiger partial charge on any atom is -0.330 e. The molecule has 0 bridgehead atoms. The third-order valence-corrected chi connectivity index (χ3v) is 7.35. The van der Waals surface area contributed by atoms with Crippen LogP contribution in [-0.4, -0.2) is 21.8 Å². The van der Waals surface area contributed by atoms with E-state index in [1.165, 1.54) is 11.1 Å². The molecule has 0 aromatic carbocycles. The third kappa shape index (κ3) is 10.5. The minimum absolute atomic E-state index is 0.206. The Hall–Kier alpha value is -0.180. The summed E-state index contributed by atoms with van der Waals surface area (Å²) in [6.07, 6.45) is 7.83. The van der Waals surface area contributed by atoms with Crippen LogP contribution in [0.3, 0.4) is 0 Å². The van der Waals surface area contributed by atoms with E-state index in [0.29, 0.717) is 6.42 Å². The lowest BCUT2D eigenvalue weighted by atomic mass is 10.1. The zero-order chi connectivity index (χ0) is 17.2. The van der Waals surface area contributed by atoms with Crippen molar-refractivity contribution in [1.82, 2.24) is 0 Å². The van der Waals surface area contributed by atoms with E-state index in [2.05, 4.69) is 32.9 Å². The molecule has 0 saturated heterocycles. The van der Waals surface area contributed by atoms with Crippen LogP contribution in [0.25, 0.3) is 0 Å². The zero-order valence-corrected chi connectivity index (χ0v) is 15.9.